The predicted octanol–water partition coefficient (Wildman–Crippen LogP) is 1.85. The molecule has 0 aliphatic heterocycles. The second-order valence-corrected chi connectivity index (χ2v) is 3.80. The Balaban J connectivity index is 2.64. The van der Waals surface area contributed by atoms with Crippen molar-refractivity contribution in [3.8, 4) is 0 Å². The highest BCUT2D eigenvalue weighted by Crippen LogP contribution is 2.17. The molecule has 0 saturated heterocycles. The quantitative estimate of drug-likeness (QED) is 0.802. The Morgan fingerprint density at radius 1 is 1.41 bits per heavy atom. The number of fused-ring (bicyclic) bond motifs is 1. The van der Waals surface area contributed by atoms with E-state index in [1.54, 1.807) is 13.0 Å². The van der Waals surface area contributed by atoms with E-state index in [4.69, 9.17) is 4.42 Å². The molecule has 0 fully saturated rings. The number of carbonyl (C=O) groups is 1. The van der Waals surface area contributed by atoms with Crippen LogP contribution in [0.15, 0.2) is 33.5 Å². The Labute approximate surface area is 98.3 Å². The number of aryl methyl sites for hydroxylation is 1. The van der Waals surface area contributed by atoms with Gasteiger partial charge < -0.3 is 9.73 Å². The number of hydrogen-bond donors (Lipinski definition) is 1. The van der Waals surface area contributed by atoms with E-state index in [1.807, 2.05) is 25.1 Å². The summed E-state index contributed by atoms with van der Waals surface area (Å²) in [5.41, 5.74) is 0.857. The van der Waals surface area contributed by atoms with Gasteiger partial charge in [0.15, 0.2) is 0 Å². The molecule has 4 nitrogen and oxygen atoms in total. The maximum atomic E-state index is 11.7. The summed E-state index contributed by atoms with van der Waals surface area (Å²) in [6.07, 6.45) is 0. The average molecular weight is 231 g/mol. The fourth-order valence-electron chi connectivity index (χ4n) is 1.70. The van der Waals surface area contributed by atoms with Crippen molar-refractivity contribution in [2.24, 2.45) is 0 Å². The van der Waals surface area contributed by atoms with E-state index in [9.17, 15) is 9.59 Å². The van der Waals surface area contributed by atoms with Crippen LogP contribution in [0, 0.1) is 6.92 Å². The average Bonchev–Trinajstić information content (AvgIpc) is 2.30. The van der Waals surface area contributed by atoms with Gasteiger partial charge in [-0.25, -0.2) is 4.79 Å². The minimum atomic E-state index is -0.599. The molecule has 0 saturated carbocycles. The lowest BCUT2D eigenvalue weighted by Gasteiger charge is -2.03. The first-order valence-corrected chi connectivity index (χ1v) is 5.45. The second-order valence-electron chi connectivity index (χ2n) is 3.80. The molecule has 4 heteroatoms. The molecule has 0 atom stereocenters. The maximum absolute atomic E-state index is 11.7. The van der Waals surface area contributed by atoms with Crippen LogP contribution in [-0.4, -0.2) is 12.5 Å². The largest absolute Gasteiger partial charge is 0.422 e. The third-order valence-electron chi connectivity index (χ3n) is 2.54. The third kappa shape index (κ3) is 2.06. The van der Waals surface area contributed by atoms with Gasteiger partial charge in [-0.05, 0) is 25.5 Å². The van der Waals surface area contributed by atoms with Crippen LogP contribution in [0.3, 0.4) is 0 Å². The van der Waals surface area contributed by atoms with Gasteiger partial charge in [-0.1, -0.05) is 18.2 Å². The van der Waals surface area contributed by atoms with E-state index >= 15 is 0 Å². The van der Waals surface area contributed by atoms with Crippen molar-refractivity contribution in [3.05, 3.63) is 45.8 Å². The Bertz CT molecular complexity index is 628. The summed E-state index contributed by atoms with van der Waals surface area (Å²) in [5, 5.41) is 3.34. The predicted molar refractivity (Wildman–Crippen MR) is 65.2 cm³/mol. The monoisotopic (exact) mass is 231 g/mol. The molecule has 17 heavy (non-hydrogen) atoms. The lowest BCUT2D eigenvalue weighted by molar-refractivity contribution is 0.0952. The van der Waals surface area contributed by atoms with Crippen molar-refractivity contribution in [3.63, 3.8) is 0 Å². The van der Waals surface area contributed by atoms with E-state index in [2.05, 4.69) is 5.32 Å². The number of hydrogen-bond acceptors (Lipinski definition) is 3. The summed E-state index contributed by atoms with van der Waals surface area (Å²) in [6, 6.07) is 7.10. The zero-order valence-electron chi connectivity index (χ0n) is 9.74. The van der Waals surface area contributed by atoms with Crippen molar-refractivity contribution in [1.82, 2.24) is 5.32 Å². The highest BCUT2D eigenvalue weighted by atomic mass is 16.4. The fraction of sp³-hybridized carbons (Fsp3) is 0.231. The Kier molecular flexibility index (Phi) is 2.95. The fourth-order valence-corrected chi connectivity index (χ4v) is 1.70. The number of amides is 1. The van der Waals surface area contributed by atoms with Gasteiger partial charge in [0.05, 0.1) is 0 Å². The van der Waals surface area contributed by atoms with Gasteiger partial charge in [-0.2, -0.15) is 0 Å². The van der Waals surface area contributed by atoms with Crippen LogP contribution in [0.25, 0.3) is 11.0 Å². The van der Waals surface area contributed by atoms with Gasteiger partial charge in [-0.15, -0.1) is 0 Å². The zero-order chi connectivity index (χ0) is 12.4. The molecule has 1 N–H and O–H groups in total. The topological polar surface area (TPSA) is 59.3 Å². The highest BCUT2D eigenvalue weighted by Gasteiger charge is 2.13. The SMILES string of the molecule is CCNC(=O)c1cc2cccc(C)c2oc1=O. The van der Waals surface area contributed by atoms with Gasteiger partial charge in [0.2, 0.25) is 0 Å². The van der Waals surface area contributed by atoms with Gasteiger partial charge in [0, 0.05) is 11.9 Å². The Morgan fingerprint density at radius 2 is 2.18 bits per heavy atom. The number of para-hydroxylation sites is 1. The van der Waals surface area contributed by atoms with Crippen LogP contribution in [-0.2, 0) is 0 Å². The molecule has 0 radical (unpaired) electrons. The molecule has 88 valence electrons. The van der Waals surface area contributed by atoms with E-state index in [1.165, 1.54) is 0 Å². The molecule has 0 aliphatic carbocycles. The van der Waals surface area contributed by atoms with Crippen molar-refractivity contribution in [2.45, 2.75) is 13.8 Å². The molecule has 0 unspecified atom stereocenters. The van der Waals surface area contributed by atoms with Crippen LogP contribution in [0.2, 0.25) is 0 Å². The third-order valence-corrected chi connectivity index (χ3v) is 2.54. The second kappa shape index (κ2) is 4.41. The summed E-state index contributed by atoms with van der Waals surface area (Å²) in [4.78, 5) is 23.3. The van der Waals surface area contributed by atoms with E-state index in [-0.39, 0.29) is 5.56 Å². The first-order chi connectivity index (χ1) is 8.13. The maximum Gasteiger partial charge on any atom is 0.349 e. The highest BCUT2D eigenvalue weighted by molar-refractivity contribution is 5.96. The number of nitrogens with one attached hydrogen (secondary N) is 1. The van der Waals surface area contributed by atoms with Crippen LogP contribution >= 0.6 is 0 Å². The van der Waals surface area contributed by atoms with Crippen molar-refractivity contribution in [1.29, 1.82) is 0 Å². The molecule has 0 aliphatic rings. The number of carbonyl (C=O) groups excluding carboxylic acids is 1. The molecule has 1 amide bonds. The molecule has 0 bridgehead atoms. The van der Waals surface area contributed by atoms with E-state index in [0.29, 0.717) is 12.1 Å². The smallest absolute Gasteiger partial charge is 0.349 e. The first kappa shape index (κ1) is 11.4. The van der Waals surface area contributed by atoms with Crippen LogP contribution in [0.4, 0.5) is 0 Å². The molecule has 0 spiro atoms. The summed E-state index contributed by atoms with van der Waals surface area (Å²) >= 11 is 0. The molecule has 2 rings (SSSR count). The van der Waals surface area contributed by atoms with Gasteiger partial charge >= 0.3 is 5.63 Å². The normalized spacial score (nSPS) is 10.5. The molecular formula is C13H13NO3. The van der Waals surface area contributed by atoms with Crippen molar-refractivity contribution < 1.29 is 9.21 Å². The molecular weight excluding hydrogens is 218 g/mol. The molecule has 1 heterocycles. The lowest BCUT2D eigenvalue weighted by Crippen LogP contribution is -2.27. The van der Waals surface area contributed by atoms with Crippen LogP contribution < -0.4 is 10.9 Å². The van der Waals surface area contributed by atoms with Gasteiger partial charge in [-0.3, -0.25) is 4.79 Å². The van der Waals surface area contributed by atoms with E-state index in [0.717, 1.165) is 10.9 Å². The van der Waals surface area contributed by atoms with Crippen LogP contribution in [0.5, 0.6) is 0 Å². The van der Waals surface area contributed by atoms with Crippen molar-refractivity contribution >= 4 is 16.9 Å². The Morgan fingerprint density at radius 3 is 2.88 bits per heavy atom. The van der Waals surface area contributed by atoms with Gasteiger partial charge in [0.1, 0.15) is 11.1 Å². The molecule has 1 aromatic carbocycles. The first-order valence-electron chi connectivity index (χ1n) is 5.45. The van der Waals surface area contributed by atoms with Crippen LogP contribution in [0.1, 0.15) is 22.8 Å². The standard InChI is InChI=1S/C13H13NO3/c1-3-14-12(15)10-7-9-6-4-5-8(2)11(9)17-13(10)16/h4-7H,3H2,1-2H3,(H,14,15). The van der Waals surface area contributed by atoms with Crippen molar-refractivity contribution in [2.75, 3.05) is 6.54 Å². The Hall–Kier alpha value is -2.10. The molecule has 2 aromatic rings. The summed E-state index contributed by atoms with van der Waals surface area (Å²) in [7, 11) is 0. The minimum absolute atomic E-state index is 0.0463. The number of benzene rings is 1. The summed E-state index contributed by atoms with van der Waals surface area (Å²) in [5.74, 6) is -0.398. The number of rotatable bonds is 2. The zero-order valence-corrected chi connectivity index (χ0v) is 9.74. The minimum Gasteiger partial charge on any atom is -0.422 e. The van der Waals surface area contributed by atoms with E-state index < -0.39 is 11.5 Å². The van der Waals surface area contributed by atoms with Gasteiger partial charge in [0.25, 0.3) is 5.91 Å². The molecule has 1 aromatic heterocycles. The summed E-state index contributed by atoms with van der Waals surface area (Å²) < 4.78 is 5.17. The summed E-state index contributed by atoms with van der Waals surface area (Å²) in [6.45, 7) is 4.13. The lowest BCUT2D eigenvalue weighted by atomic mass is 10.1.